The van der Waals surface area contributed by atoms with Crippen LogP contribution in [0.25, 0.3) is 17.2 Å². The molecule has 0 spiro atoms. The molecule has 1 fully saturated rings. The number of esters is 1. The van der Waals surface area contributed by atoms with E-state index >= 15 is 0 Å². The molecule has 0 bridgehead atoms. The van der Waals surface area contributed by atoms with E-state index in [-0.39, 0.29) is 30.6 Å². The van der Waals surface area contributed by atoms with Gasteiger partial charge >= 0.3 is 18.2 Å². The first-order chi connectivity index (χ1) is 26.8. The van der Waals surface area contributed by atoms with Gasteiger partial charge in [0.25, 0.3) is 5.69 Å². The quantitative estimate of drug-likeness (QED) is 0.0317. The monoisotopic (exact) mass is 748 g/mol. The van der Waals surface area contributed by atoms with Crippen LogP contribution in [0.5, 0.6) is 11.5 Å². The molecular weight excluding hydrogens is 710 g/mol. The van der Waals surface area contributed by atoms with Crippen LogP contribution in [0.4, 0.5) is 21.0 Å². The number of rotatable bonds is 15. The van der Waals surface area contributed by atoms with Gasteiger partial charge in [-0.15, -0.1) is 0 Å². The minimum Gasteiger partial charge on any atom is -0.467 e. The van der Waals surface area contributed by atoms with Crippen molar-refractivity contribution in [3.05, 3.63) is 143 Å². The molecule has 1 heterocycles. The Morgan fingerprint density at radius 2 is 1.62 bits per heavy atom. The van der Waals surface area contributed by atoms with Crippen LogP contribution in [0.15, 0.2) is 97.1 Å². The first kappa shape index (κ1) is 38.3. The molecule has 4 aromatic carbocycles. The van der Waals surface area contributed by atoms with Gasteiger partial charge < -0.3 is 39.1 Å². The fraction of sp³-hybridized carbons (Fsp3) is 0.220. The number of benzene rings is 4. The predicted molar refractivity (Wildman–Crippen MR) is 201 cm³/mol. The third kappa shape index (κ3) is 10.2. The number of nitrogens with zero attached hydrogens (tertiary/aromatic N) is 1. The molecule has 0 aromatic heterocycles. The van der Waals surface area contributed by atoms with Gasteiger partial charge in [0.15, 0.2) is 6.10 Å². The molecule has 2 N–H and O–H groups in total. The lowest BCUT2D eigenvalue weighted by molar-refractivity contribution is -0.384. The van der Waals surface area contributed by atoms with Crippen LogP contribution < -0.4 is 20.1 Å². The molecule has 283 valence electrons. The molecule has 1 saturated heterocycles. The largest absolute Gasteiger partial charge is 0.514 e. The Kier molecular flexibility index (Phi) is 12.9. The average molecular weight is 749 g/mol. The van der Waals surface area contributed by atoms with Gasteiger partial charge in [0.05, 0.1) is 17.7 Å². The number of ether oxygens (including phenoxy) is 6. The maximum absolute atomic E-state index is 12.7. The highest BCUT2D eigenvalue weighted by Crippen LogP contribution is 2.44. The number of alkyl carbamates (subject to hydrolysis) is 1. The summed E-state index contributed by atoms with van der Waals surface area (Å²) in [6.07, 6.45) is 5.50. The van der Waals surface area contributed by atoms with E-state index in [1.54, 1.807) is 43.5 Å². The van der Waals surface area contributed by atoms with Crippen LogP contribution in [0, 0.1) is 29.4 Å². The van der Waals surface area contributed by atoms with Crippen molar-refractivity contribution >= 4 is 35.7 Å². The lowest BCUT2D eigenvalue weighted by Gasteiger charge is -2.28. The second-order valence-corrected chi connectivity index (χ2v) is 12.2. The number of fused-ring (bicyclic) bond motifs is 3. The zero-order valence-corrected chi connectivity index (χ0v) is 29.8. The lowest BCUT2D eigenvalue weighted by Crippen LogP contribution is -2.38. The van der Waals surface area contributed by atoms with E-state index in [4.69, 9.17) is 28.4 Å². The molecule has 2 aliphatic rings. The van der Waals surface area contributed by atoms with E-state index < -0.39 is 35.5 Å². The van der Waals surface area contributed by atoms with Gasteiger partial charge in [-0.05, 0) is 71.0 Å². The van der Waals surface area contributed by atoms with Crippen LogP contribution in [0.1, 0.15) is 29.0 Å². The smallest absolute Gasteiger partial charge is 0.467 e. The third-order valence-corrected chi connectivity index (χ3v) is 8.65. The maximum Gasteiger partial charge on any atom is 0.514 e. The second-order valence-electron chi connectivity index (χ2n) is 12.2. The summed E-state index contributed by atoms with van der Waals surface area (Å²) >= 11 is 0. The van der Waals surface area contributed by atoms with Crippen molar-refractivity contribution in [1.29, 1.82) is 0 Å². The zero-order chi connectivity index (χ0) is 38.6. The normalized spacial score (nSPS) is 16.0. The predicted octanol–water partition coefficient (Wildman–Crippen LogP) is 7.05. The van der Waals surface area contributed by atoms with Crippen molar-refractivity contribution in [3.8, 4) is 22.6 Å². The summed E-state index contributed by atoms with van der Waals surface area (Å²) in [4.78, 5) is 47.1. The number of methoxy groups -OCH3 is 1. The fourth-order valence-corrected chi connectivity index (χ4v) is 6.04. The average Bonchev–Trinajstić information content (AvgIpc) is 3.52. The number of nitro benzene ring substituents is 1. The summed E-state index contributed by atoms with van der Waals surface area (Å²) in [6, 6.07) is 26.7. The summed E-state index contributed by atoms with van der Waals surface area (Å²) in [5, 5.41) is 17.0. The van der Waals surface area contributed by atoms with E-state index in [9.17, 15) is 24.5 Å². The van der Waals surface area contributed by atoms with Crippen molar-refractivity contribution in [2.75, 3.05) is 38.7 Å². The number of hydrogen-bond acceptors (Lipinski definition) is 12. The Morgan fingerprint density at radius 1 is 0.891 bits per heavy atom. The SMILES string of the molecule is COC(=O)[C@@H]1[CH][CH][CH][C@H](Oc2ccc(/C=C/COC(=O)Oc3ccc([N+](=O)[O-])cc3)cc2NCCCNC(=O)OCC2c3ccccc3-c3ccccc32)O1. The van der Waals surface area contributed by atoms with Crippen LogP contribution in [0.2, 0.25) is 0 Å². The van der Waals surface area contributed by atoms with Gasteiger partial charge in [-0.3, -0.25) is 10.1 Å². The van der Waals surface area contributed by atoms with Crippen LogP contribution in [0.3, 0.4) is 0 Å². The van der Waals surface area contributed by atoms with Crippen molar-refractivity contribution in [2.24, 2.45) is 0 Å². The standard InChI is InChI=1S/C41H38N3O11/c1-50-39(45)37-14-6-15-38(55-37)54-36-21-16-27(9-7-24-51-41(47)53-29-19-17-28(18-20-29)44(48)49)25-35(36)42-22-8-23-43-40(46)52-26-34-32-12-4-2-10-30(32)31-11-3-5-13-33(31)34/h2-7,9-21,25,34,37-38,42H,8,22-24,26H2,1H3,(H,43,46)/b9-7+/t37-,38+/m0/s1. The first-order valence-corrected chi connectivity index (χ1v) is 17.4. The highest BCUT2D eigenvalue weighted by Gasteiger charge is 2.31. The van der Waals surface area contributed by atoms with Gasteiger partial charge in [-0.1, -0.05) is 60.7 Å². The Labute approximate surface area is 317 Å². The van der Waals surface area contributed by atoms with E-state index in [0.717, 1.165) is 27.8 Å². The molecule has 1 aliphatic carbocycles. The second kappa shape index (κ2) is 18.6. The molecule has 1 amide bonds. The summed E-state index contributed by atoms with van der Waals surface area (Å²) < 4.78 is 32.4. The Hall–Kier alpha value is -6.41. The molecule has 3 radical (unpaired) electrons. The molecule has 14 heteroatoms. The minimum absolute atomic E-state index is 0.0360. The highest BCUT2D eigenvalue weighted by atomic mass is 16.7. The Balaban J connectivity index is 1.01. The summed E-state index contributed by atoms with van der Waals surface area (Å²) in [7, 11) is 1.28. The van der Waals surface area contributed by atoms with Crippen LogP contribution >= 0.6 is 0 Å². The topological polar surface area (TPSA) is 174 Å². The number of nitrogens with one attached hydrogen (secondary N) is 2. The Bertz CT molecular complexity index is 1970. The first-order valence-electron chi connectivity index (χ1n) is 17.4. The van der Waals surface area contributed by atoms with Crippen molar-refractivity contribution in [3.63, 3.8) is 0 Å². The molecule has 6 rings (SSSR count). The molecular formula is C41H38N3O11. The molecule has 2 atom stereocenters. The van der Waals surface area contributed by atoms with Gasteiger partial charge in [-0.2, -0.15) is 0 Å². The number of amides is 1. The zero-order valence-electron chi connectivity index (χ0n) is 29.8. The van der Waals surface area contributed by atoms with Crippen LogP contribution in [-0.2, 0) is 23.7 Å². The Morgan fingerprint density at radius 3 is 2.33 bits per heavy atom. The van der Waals surface area contributed by atoms with Gasteiger partial charge in [0.2, 0.25) is 6.29 Å². The van der Waals surface area contributed by atoms with Crippen molar-refractivity contribution in [2.45, 2.75) is 24.7 Å². The number of carbonyl (C=O) groups excluding carboxylic acids is 3. The minimum atomic E-state index is -0.973. The number of nitro groups is 1. The van der Waals surface area contributed by atoms with E-state index in [0.29, 0.717) is 30.9 Å². The third-order valence-electron chi connectivity index (χ3n) is 8.65. The highest BCUT2D eigenvalue weighted by molar-refractivity contribution is 5.79. The fourth-order valence-electron chi connectivity index (χ4n) is 6.04. The van der Waals surface area contributed by atoms with Gasteiger partial charge in [0, 0.05) is 44.0 Å². The molecule has 4 aromatic rings. The number of carbonyl (C=O) groups is 3. The van der Waals surface area contributed by atoms with E-state index in [1.807, 2.05) is 30.3 Å². The molecule has 14 nitrogen and oxygen atoms in total. The van der Waals surface area contributed by atoms with Crippen molar-refractivity contribution < 1.29 is 47.7 Å². The van der Waals surface area contributed by atoms with Crippen molar-refractivity contribution in [1.82, 2.24) is 5.32 Å². The summed E-state index contributed by atoms with van der Waals surface area (Å²) in [6.45, 7) is 0.903. The van der Waals surface area contributed by atoms with Crippen LogP contribution in [-0.4, -0.2) is 68.9 Å². The molecule has 1 aliphatic heterocycles. The van der Waals surface area contributed by atoms with Gasteiger partial charge in [0.1, 0.15) is 24.7 Å². The molecule has 0 saturated carbocycles. The van der Waals surface area contributed by atoms with E-state index in [2.05, 4.69) is 34.9 Å². The lowest BCUT2D eigenvalue weighted by atomic mass is 9.98. The molecule has 55 heavy (non-hydrogen) atoms. The number of non-ortho nitro benzene ring substituents is 1. The molecule has 0 unspecified atom stereocenters. The maximum atomic E-state index is 12.7. The number of anilines is 1. The summed E-state index contributed by atoms with van der Waals surface area (Å²) in [5.41, 5.74) is 5.79. The van der Waals surface area contributed by atoms with Gasteiger partial charge in [-0.25, -0.2) is 14.4 Å². The number of hydrogen-bond donors (Lipinski definition) is 2. The van der Waals surface area contributed by atoms with E-state index in [1.165, 1.54) is 31.4 Å². The summed E-state index contributed by atoms with van der Waals surface area (Å²) in [5.74, 6) is -0.0534.